The van der Waals surface area contributed by atoms with Gasteiger partial charge in [-0.2, -0.15) is 0 Å². The summed E-state index contributed by atoms with van der Waals surface area (Å²) in [5.74, 6) is -0.397. The number of amides is 1. The van der Waals surface area contributed by atoms with Crippen LogP contribution in [0.5, 0.6) is 5.75 Å². The first kappa shape index (κ1) is 20.9. The number of hydrogen-bond donors (Lipinski definition) is 3. The molecule has 0 radical (unpaired) electrons. The minimum Gasteiger partial charge on any atom is -0.493 e. The van der Waals surface area contributed by atoms with Crippen LogP contribution >= 0.6 is 0 Å². The number of benzene rings is 2. The monoisotopic (exact) mass is 373 g/mol. The molecule has 0 fully saturated rings. The third-order valence-corrected chi connectivity index (χ3v) is 4.13. The molecule has 144 valence electrons. The molecule has 0 bridgehead atoms. The first-order valence-corrected chi connectivity index (χ1v) is 9.16. The molecule has 2 rings (SSSR count). The van der Waals surface area contributed by atoms with E-state index in [0.717, 1.165) is 36.6 Å². The molecule has 5 nitrogen and oxygen atoms in total. The third kappa shape index (κ3) is 7.04. The molecule has 1 amide bonds. The summed E-state index contributed by atoms with van der Waals surface area (Å²) in [6.07, 6.45) is 4.12. The molecule has 0 aliphatic carbocycles. The fourth-order valence-corrected chi connectivity index (χ4v) is 2.66. The van der Waals surface area contributed by atoms with Gasteiger partial charge in [0.25, 0.3) is 0 Å². The van der Waals surface area contributed by atoms with Gasteiger partial charge in [0.05, 0.1) is 6.61 Å². The molecule has 0 saturated heterocycles. The number of anilines is 1. The van der Waals surface area contributed by atoms with E-state index < -0.39 is 12.9 Å². The van der Waals surface area contributed by atoms with Crippen LogP contribution in [0, 0.1) is 5.82 Å². The van der Waals surface area contributed by atoms with Crippen molar-refractivity contribution in [2.45, 2.75) is 39.0 Å². The van der Waals surface area contributed by atoms with Gasteiger partial charge in [-0.25, -0.2) is 4.39 Å². The molecule has 0 aromatic heterocycles. The van der Waals surface area contributed by atoms with Crippen molar-refractivity contribution in [2.24, 2.45) is 0 Å². The van der Waals surface area contributed by atoms with Gasteiger partial charge in [-0.05, 0) is 30.2 Å². The summed E-state index contributed by atoms with van der Waals surface area (Å²) >= 11 is 0. The Morgan fingerprint density at radius 3 is 2.70 bits per heavy atom. The van der Waals surface area contributed by atoms with Crippen molar-refractivity contribution in [1.82, 2.24) is 0 Å². The van der Waals surface area contributed by atoms with Crippen LogP contribution in [-0.2, 0) is 11.2 Å². The van der Waals surface area contributed by atoms with Gasteiger partial charge < -0.3 is 20.1 Å². The molecular formula is C20H25BFNO4. The van der Waals surface area contributed by atoms with E-state index in [2.05, 4.69) is 12.2 Å². The highest BCUT2D eigenvalue weighted by Crippen LogP contribution is 2.15. The number of rotatable bonds is 10. The van der Waals surface area contributed by atoms with Crippen molar-refractivity contribution in [3.63, 3.8) is 0 Å². The zero-order chi connectivity index (χ0) is 19.6. The van der Waals surface area contributed by atoms with E-state index in [-0.39, 0.29) is 11.4 Å². The lowest BCUT2D eigenvalue weighted by Crippen LogP contribution is -2.32. The average Bonchev–Trinajstić information content (AvgIpc) is 2.62. The Bertz CT molecular complexity index is 755. The molecule has 7 heteroatoms. The fraction of sp³-hybridized carbons (Fsp3) is 0.350. The Labute approximate surface area is 159 Å². The quantitative estimate of drug-likeness (QED) is 0.442. The molecule has 0 aliphatic heterocycles. The Balaban J connectivity index is 1.84. The number of ether oxygens (including phenoxy) is 1. The van der Waals surface area contributed by atoms with E-state index >= 15 is 0 Å². The lowest BCUT2D eigenvalue weighted by atomic mass is 9.80. The molecule has 0 saturated carbocycles. The van der Waals surface area contributed by atoms with Crippen LogP contribution in [0.1, 0.15) is 38.2 Å². The maximum atomic E-state index is 13.7. The van der Waals surface area contributed by atoms with E-state index in [9.17, 15) is 9.18 Å². The molecule has 2 aromatic carbocycles. The summed E-state index contributed by atoms with van der Waals surface area (Å²) in [7, 11) is -1.85. The lowest BCUT2D eigenvalue weighted by Gasteiger charge is -2.10. The number of carbonyl (C=O) groups is 1. The fourth-order valence-electron chi connectivity index (χ4n) is 2.66. The van der Waals surface area contributed by atoms with Gasteiger partial charge in [-0.15, -0.1) is 0 Å². The highest BCUT2D eigenvalue weighted by atomic mass is 19.1. The second kappa shape index (κ2) is 10.7. The molecule has 2 aromatic rings. The van der Waals surface area contributed by atoms with E-state index in [4.69, 9.17) is 14.8 Å². The first-order valence-electron chi connectivity index (χ1n) is 9.16. The second-order valence-corrected chi connectivity index (χ2v) is 6.36. The minimum atomic E-state index is -1.85. The Hall–Kier alpha value is -2.38. The standard InChI is InChI=1S/C20H25BFNO4/c1-2-3-4-8-20(24)23-16-7-5-6-15(13-16)11-12-27-17-9-10-18(21(25)26)19(22)14-17/h5-7,9-10,13-14,25-26H,2-4,8,11-12H2,1H3,(H,23,24). The lowest BCUT2D eigenvalue weighted by molar-refractivity contribution is -0.116. The first-order chi connectivity index (χ1) is 13.0. The van der Waals surface area contributed by atoms with Gasteiger partial charge in [0.15, 0.2) is 0 Å². The molecule has 27 heavy (non-hydrogen) atoms. The van der Waals surface area contributed by atoms with Crippen molar-refractivity contribution in [1.29, 1.82) is 0 Å². The van der Waals surface area contributed by atoms with E-state index in [1.165, 1.54) is 12.1 Å². The number of hydrogen-bond acceptors (Lipinski definition) is 4. The van der Waals surface area contributed by atoms with Gasteiger partial charge >= 0.3 is 7.12 Å². The van der Waals surface area contributed by atoms with Crippen LogP contribution in [-0.4, -0.2) is 29.7 Å². The molecular weight excluding hydrogens is 348 g/mol. The minimum absolute atomic E-state index is 0.0125. The van der Waals surface area contributed by atoms with E-state index in [0.29, 0.717) is 25.2 Å². The van der Waals surface area contributed by atoms with Crippen LogP contribution in [0.25, 0.3) is 0 Å². The van der Waals surface area contributed by atoms with E-state index in [1.54, 1.807) is 0 Å². The second-order valence-electron chi connectivity index (χ2n) is 6.36. The van der Waals surface area contributed by atoms with Gasteiger partial charge in [-0.1, -0.05) is 38.0 Å². The molecule has 0 aliphatic rings. The topological polar surface area (TPSA) is 78.8 Å². The van der Waals surface area contributed by atoms with Gasteiger partial charge in [0.1, 0.15) is 11.6 Å². The van der Waals surface area contributed by atoms with Crippen molar-refractivity contribution in [3.8, 4) is 5.75 Å². The average molecular weight is 373 g/mol. The van der Waals surface area contributed by atoms with Crippen LogP contribution in [0.3, 0.4) is 0 Å². The zero-order valence-electron chi connectivity index (χ0n) is 15.5. The maximum absolute atomic E-state index is 13.7. The smallest absolute Gasteiger partial charge is 0.491 e. The Morgan fingerprint density at radius 2 is 2.00 bits per heavy atom. The van der Waals surface area contributed by atoms with Crippen molar-refractivity contribution in [2.75, 3.05) is 11.9 Å². The van der Waals surface area contributed by atoms with Gasteiger partial charge in [0.2, 0.25) is 5.91 Å². The van der Waals surface area contributed by atoms with Crippen molar-refractivity contribution >= 4 is 24.2 Å². The molecule has 3 N–H and O–H groups in total. The van der Waals surface area contributed by atoms with Gasteiger partial charge in [-0.3, -0.25) is 4.79 Å². The van der Waals surface area contributed by atoms with Crippen molar-refractivity contribution in [3.05, 3.63) is 53.8 Å². The van der Waals surface area contributed by atoms with Crippen LogP contribution in [0.15, 0.2) is 42.5 Å². The van der Waals surface area contributed by atoms with Crippen molar-refractivity contribution < 1.29 is 24.0 Å². The summed E-state index contributed by atoms with van der Waals surface area (Å²) < 4.78 is 19.2. The number of halogens is 1. The normalized spacial score (nSPS) is 10.5. The Kier molecular flexibility index (Phi) is 8.29. The van der Waals surface area contributed by atoms with Crippen LogP contribution < -0.4 is 15.5 Å². The summed E-state index contributed by atoms with van der Waals surface area (Å²) in [6, 6.07) is 11.4. The molecule has 0 heterocycles. The summed E-state index contributed by atoms with van der Waals surface area (Å²) in [5.41, 5.74) is 1.55. The highest BCUT2D eigenvalue weighted by molar-refractivity contribution is 6.58. The SMILES string of the molecule is CCCCCC(=O)Nc1cccc(CCOc2ccc(B(O)O)c(F)c2)c1. The van der Waals surface area contributed by atoms with Crippen LogP contribution in [0.4, 0.5) is 10.1 Å². The van der Waals surface area contributed by atoms with E-state index in [1.807, 2.05) is 24.3 Å². The summed E-state index contributed by atoms with van der Waals surface area (Å²) in [5, 5.41) is 20.9. The predicted octanol–water partition coefficient (Wildman–Crippen LogP) is 2.65. The van der Waals surface area contributed by atoms with Crippen LogP contribution in [0.2, 0.25) is 0 Å². The highest BCUT2D eigenvalue weighted by Gasteiger charge is 2.16. The zero-order valence-corrected chi connectivity index (χ0v) is 15.5. The summed E-state index contributed by atoms with van der Waals surface area (Å²) in [4.78, 5) is 11.9. The number of nitrogens with one attached hydrogen (secondary N) is 1. The third-order valence-electron chi connectivity index (χ3n) is 4.13. The molecule has 0 spiro atoms. The predicted molar refractivity (Wildman–Crippen MR) is 105 cm³/mol. The Morgan fingerprint density at radius 1 is 1.19 bits per heavy atom. The number of unbranched alkanes of at least 4 members (excludes halogenated alkanes) is 2. The molecule has 0 atom stereocenters. The largest absolute Gasteiger partial charge is 0.493 e. The van der Waals surface area contributed by atoms with Gasteiger partial charge in [0, 0.05) is 30.1 Å². The summed E-state index contributed by atoms with van der Waals surface area (Å²) in [6.45, 7) is 2.43. The number of carbonyl (C=O) groups excluding carboxylic acids is 1. The maximum Gasteiger partial charge on any atom is 0.491 e. The molecule has 0 unspecified atom stereocenters.